The van der Waals surface area contributed by atoms with E-state index in [9.17, 15) is 9.59 Å². The van der Waals surface area contributed by atoms with Gasteiger partial charge in [0.05, 0.1) is 13.2 Å². The molecule has 1 unspecified atom stereocenters. The van der Waals surface area contributed by atoms with Gasteiger partial charge in [-0.15, -0.1) is 0 Å². The first-order valence-corrected chi connectivity index (χ1v) is 13.3. The molecule has 0 saturated heterocycles. The van der Waals surface area contributed by atoms with Crippen molar-refractivity contribution >= 4 is 17.7 Å². The predicted octanol–water partition coefficient (Wildman–Crippen LogP) is 6.75. The average molecular weight is 513 g/mol. The van der Waals surface area contributed by atoms with Crippen LogP contribution in [0.15, 0.2) is 83.9 Å². The Labute approximate surface area is 225 Å². The average Bonchev–Trinajstić information content (AvgIpc) is 3.23. The van der Waals surface area contributed by atoms with E-state index >= 15 is 0 Å². The van der Waals surface area contributed by atoms with E-state index in [1.54, 1.807) is 20.8 Å². The zero-order chi connectivity index (χ0) is 27.1. The third-order valence-corrected chi connectivity index (χ3v) is 6.58. The third kappa shape index (κ3) is 6.13. The summed E-state index contributed by atoms with van der Waals surface area (Å²) in [5, 5.41) is 0. The van der Waals surface area contributed by atoms with Crippen LogP contribution >= 0.6 is 0 Å². The van der Waals surface area contributed by atoms with Gasteiger partial charge in [0, 0.05) is 12.0 Å². The Bertz CT molecular complexity index is 1280. The van der Waals surface area contributed by atoms with Gasteiger partial charge < -0.3 is 9.47 Å². The van der Waals surface area contributed by atoms with Crippen LogP contribution in [0.25, 0.3) is 11.1 Å². The number of nitrogens with zero attached hydrogens (tertiary/aromatic N) is 2. The Morgan fingerprint density at radius 1 is 0.947 bits per heavy atom. The summed E-state index contributed by atoms with van der Waals surface area (Å²) in [6.45, 7) is 8.10. The molecular weight excluding hydrogens is 476 g/mol. The number of amides is 1. The van der Waals surface area contributed by atoms with Crippen LogP contribution in [0, 0.1) is 0 Å². The van der Waals surface area contributed by atoms with Crippen molar-refractivity contribution in [2.75, 3.05) is 6.61 Å². The maximum absolute atomic E-state index is 13.4. The minimum Gasteiger partial charge on any atom is -0.476 e. The first kappa shape index (κ1) is 27.1. The normalized spacial score (nSPS) is 15.4. The Kier molecular flexibility index (Phi) is 8.62. The van der Waals surface area contributed by atoms with Crippen molar-refractivity contribution < 1.29 is 19.1 Å². The highest BCUT2D eigenvalue weighted by Crippen LogP contribution is 2.34. The molecule has 0 fully saturated rings. The molecule has 1 heterocycles. The van der Waals surface area contributed by atoms with Gasteiger partial charge in [-0.25, -0.2) is 4.79 Å². The first-order chi connectivity index (χ1) is 18.3. The van der Waals surface area contributed by atoms with Crippen LogP contribution in [0.3, 0.4) is 0 Å². The monoisotopic (exact) mass is 512 g/mol. The summed E-state index contributed by atoms with van der Waals surface area (Å²) >= 11 is 0. The van der Waals surface area contributed by atoms with Crippen LogP contribution in [0.4, 0.5) is 0 Å². The molecule has 1 atom stereocenters. The van der Waals surface area contributed by atoms with Crippen LogP contribution in [-0.4, -0.2) is 34.8 Å². The van der Waals surface area contributed by atoms with Crippen LogP contribution in [-0.2, 0) is 20.9 Å². The molecule has 1 aliphatic heterocycles. The Balaban J connectivity index is 1.53. The van der Waals surface area contributed by atoms with E-state index in [0.29, 0.717) is 18.9 Å². The predicted molar refractivity (Wildman–Crippen MR) is 150 cm³/mol. The molecule has 198 valence electrons. The molecule has 6 heteroatoms. The smallest absolute Gasteiger partial charge is 0.349 e. The minimum absolute atomic E-state index is 0.0197. The van der Waals surface area contributed by atoms with Crippen molar-refractivity contribution in [2.24, 2.45) is 4.99 Å². The molecule has 38 heavy (non-hydrogen) atoms. The van der Waals surface area contributed by atoms with E-state index in [4.69, 9.17) is 14.5 Å². The third-order valence-electron chi connectivity index (χ3n) is 6.58. The number of ether oxygens (including phenoxy) is 2. The Hall–Kier alpha value is -3.93. The molecular formula is C32H36N2O4. The Morgan fingerprint density at radius 2 is 1.63 bits per heavy atom. The minimum atomic E-state index is -1.12. The maximum atomic E-state index is 13.4. The van der Waals surface area contributed by atoms with Crippen molar-refractivity contribution in [3.05, 3.63) is 90.0 Å². The number of hydrogen-bond acceptors (Lipinski definition) is 5. The van der Waals surface area contributed by atoms with E-state index in [0.717, 1.165) is 47.4 Å². The van der Waals surface area contributed by atoms with Crippen molar-refractivity contribution in [3.63, 3.8) is 0 Å². The van der Waals surface area contributed by atoms with Crippen LogP contribution in [0.2, 0.25) is 0 Å². The van der Waals surface area contributed by atoms with Crippen LogP contribution in [0.5, 0.6) is 5.75 Å². The van der Waals surface area contributed by atoms with Gasteiger partial charge >= 0.3 is 5.97 Å². The molecule has 6 nitrogen and oxygen atoms in total. The highest BCUT2D eigenvalue weighted by atomic mass is 16.6. The van der Waals surface area contributed by atoms with E-state index < -0.39 is 17.6 Å². The fourth-order valence-corrected chi connectivity index (χ4v) is 4.49. The van der Waals surface area contributed by atoms with Gasteiger partial charge in [-0.2, -0.15) is 0 Å². The number of benzene rings is 3. The number of rotatable bonds is 11. The summed E-state index contributed by atoms with van der Waals surface area (Å²) < 4.78 is 11.3. The number of carbonyl (C=O) groups is 2. The second-order valence-electron chi connectivity index (χ2n) is 9.91. The van der Waals surface area contributed by atoms with E-state index in [2.05, 4.69) is 6.92 Å². The lowest BCUT2D eigenvalue weighted by Crippen LogP contribution is -2.39. The number of carbonyl (C=O) groups excluding carboxylic acids is 2. The lowest BCUT2D eigenvalue weighted by atomic mass is 10.0. The summed E-state index contributed by atoms with van der Waals surface area (Å²) in [5.41, 5.74) is 2.66. The van der Waals surface area contributed by atoms with Gasteiger partial charge in [0.1, 0.15) is 11.6 Å². The SMILES string of the molecule is CCCCC1=NC(c2ccccc2)C(=O)N1Cc1ccc(-c2ccccc2OC(C)(C)C(=O)OCC)cc1. The van der Waals surface area contributed by atoms with Gasteiger partial charge in [0.15, 0.2) is 11.6 Å². The van der Waals surface area contributed by atoms with Gasteiger partial charge in [-0.05, 0) is 49.9 Å². The fourth-order valence-electron chi connectivity index (χ4n) is 4.49. The second kappa shape index (κ2) is 12.1. The summed E-state index contributed by atoms with van der Waals surface area (Å²) in [7, 11) is 0. The molecule has 0 spiro atoms. The van der Waals surface area contributed by atoms with Crippen LogP contribution in [0.1, 0.15) is 64.1 Å². The molecule has 0 aromatic heterocycles. The summed E-state index contributed by atoms with van der Waals surface area (Å²) in [5.74, 6) is 1.07. The van der Waals surface area contributed by atoms with Crippen molar-refractivity contribution in [3.8, 4) is 16.9 Å². The number of unbranched alkanes of at least 4 members (excludes halogenated alkanes) is 1. The first-order valence-electron chi connectivity index (χ1n) is 13.3. The lowest BCUT2D eigenvalue weighted by molar-refractivity contribution is -0.158. The molecule has 3 aromatic rings. The summed E-state index contributed by atoms with van der Waals surface area (Å²) in [6, 6.07) is 25.0. The van der Waals surface area contributed by atoms with Gasteiger partial charge in [0.25, 0.3) is 5.91 Å². The number of aliphatic imine (C=N–C) groups is 1. The molecule has 4 rings (SSSR count). The van der Waals surface area contributed by atoms with Gasteiger partial charge in [-0.3, -0.25) is 14.7 Å². The van der Waals surface area contributed by atoms with Gasteiger partial charge in [0.2, 0.25) is 0 Å². The van der Waals surface area contributed by atoms with E-state index in [-0.39, 0.29) is 5.91 Å². The Morgan fingerprint density at radius 3 is 2.32 bits per heavy atom. The van der Waals surface area contributed by atoms with Crippen LogP contribution < -0.4 is 4.74 Å². The molecule has 0 radical (unpaired) electrons. The summed E-state index contributed by atoms with van der Waals surface area (Å²) in [4.78, 5) is 32.4. The number of amidine groups is 1. The number of hydrogen-bond donors (Lipinski definition) is 0. The number of esters is 1. The molecule has 3 aromatic carbocycles. The number of para-hydroxylation sites is 1. The molecule has 1 aliphatic rings. The molecule has 0 bridgehead atoms. The topological polar surface area (TPSA) is 68.2 Å². The lowest BCUT2D eigenvalue weighted by Gasteiger charge is -2.25. The van der Waals surface area contributed by atoms with E-state index in [1.165, 1.54) is 0 Å². The van der Waals surface area contributed by atoms with Crippen molar-refractivity contribution in [1.82, 2.24) is 4.90 Å². The second-order valence-corrected chi connectivity index (χ2v) is 9.91. The zero-order valence-corrected chi connectivity index (χ0v) is 22.6. The fraction of sp³-hybridized carbons (Fsp3) is 0.344. The van der Waals surface area contributed by atoms with Gasteiger partial charge in [-0.1, -0.05) is 86.1 Å². The zero-order valence-electron chi connectivity index (χ0n) is 22.6. The van der Waals surface area contributed by atoms with Crippen molar-refractivity contribution in [1.29, 1.82) is 0 Å². The molecule has 0 N–H and O–H groups in total. The maximum Gasteiger partial charge on any atom is 0.349 e. The highest BCUT2D eigenvalue weighted by Gasteiger charge is 2.35. The van der Waals surface area contributed by atoms with E-state index in [1.807, 2.05) is 83.8 Å². The summed E-state index contributed by atoms with van der Waals surface area (Å²) in [6.07, 6.45) is 2.81. The highest BCUT2D eigenvalue weighted by molar-refractivity contribution is 6.06. The van der Waals surface area contributed by atoms with Crippen molar-refractivity contribution in [2.45, 2.75) is 65.1 Å². The largest absolute Gasteiger partial charge is 0.476 e. The standard InChI is InChI=1S/C32H36N2O4/c1-5-7-17-28-33-29(25-13-9-8-10-14-25)30(35)34(28)22-23-18-20-24(21-19-23)26-15-11-12-16-27(26)38-32(3,4)31(36)37-6-2/h8-16,18-21,29H,5-7,17,22H2,1-4H3. The molecule has 0 saturated carbocycles. The molecule has 0 aliphatic carbocycles. The molecule has 1 amide bonds. The quantitative estimate of drug-likeness (QED) is 0.267.